The molecular weight excluding hydrogens is 296 g/mol. The number of aliphatic hydroxyl groups excluding tert-OH is 1. The molecule has 0 fully saturated rings. The van der Waals surface area contributed by atoms with Gasteiger partial charge in [-0.25, -0.2) is 0 Å². The first-order valence-electron chi connectivity index (χ1n) is 5.05. The van der Waals surface area contributed by atoms with E-state index >= 15 is 0 Å². The third-order valence-corrected chi connectivity index (χ3v) is 2.83. The van der Waals surface area contributed by atoms with Crippen molar-refractivity contribution in [3.63, 3.8) is 0 Å². The third kappa shape index (κ3) is 8.67. The molecule has 1 aromatic rings. The molecule has 0 aromatic heterocycles. The lowest BCUT2D eigenvalue weighted by molar-refractivity contribution is 0.298. The van der Waals surface area contributed by atoms with Crippen molar-refractivity contribution in [2.24, 2.45) is 0 Å². The van der Waals surface area contributed by atoms with Crippen LogP contribution in [0.15, 0.2) is 23.1 Å². The van der Waals surface area contributed by atoms with Crippen LogP contribution in [-0.4, -0.2) is 43.9 Å². The number of rotatable bonds is 3. The molecule has 1 aromatic carbocycles. The summed E-state index contributed by atoms with van der Waals surface area (Å²) in [6, 6.07) is 4.58. The lowest BCUT2D eigenvalue weighted by Gasteiger charge is -2.06. The summed E-state index contributed by atoms with van der Waals surface area (Å²) < 4.78 is 56.6. The number of aryl methyl sites for hydroxylation is 1. The van der Waals surface area contributed by atoms with Gasteiger partial charge in [0.05, 0.1) is 11.2 Å². The molecule has 0 aliphatic rings. The highest BCUT2D eigenvalue weighted by Gasteiger charge is 2.14. The Labute approximate surface area is 112 Å². The summed E-state index contributed by atoms with van der Waals surface area (Å²) in [6.07, 6.45) is 0.934. The molecule has 0 unspecified atom stereocenters. The van der Waals surface area contributed by atoms with Gasteiger partial charge < -0.3 is 5.11 Å². The van der Waals surface area contributed by atoms with Crippen molar-refractivity contribution in [3.8, 4) is 0 Å². The van der Waals surface area contributed by atoms with Gasteiger partial charge in [-0.05, 0) is 25.0 Å². The summed E-state index contributed by atoms with van der Waals surface area (Å²) >= 11 is 0. The van der Waals surface area contributed by atoms with Gasteiger partial charge in [0, 0.05) is 6.61 Å². The van der Waals surface area contributed by atoms with Crippen LogP contribution in [0, 0.1) is 6.92 Å². The van der Waals surface area contributed by atoms with Crippen LogP contribution in [-0.2, 0) is 26.7 Å². The molecule has 0 radical (unpaired) electrons. The fraction of sp³-hybridized carbons (Fsp3) is 0.400. The highest BCUT2D eigenvalue weighted by atomic mass is 32.2. The predicted molar refractivity (Wildman–Crippen MR) is 69.3 cm³/mol. The maximum atomic E-state index is 10.9. The summed E-state index contributed by atoms with van der Waals surface area (Å²) in [6.45, 7) is 1.67. The molecule has 0 spiro atoms. The lowest BCUT2D eigenvalue weighted by Crippen LogP contribution is -2.05. The second-order valence-electron chi connectivity index (χ2n) is 3.79. The molecule has 0 atom stereocenters. The van der Waals surface area contributed by atoms with Crippen LogP contribution in [0.3, 0.4) is 0 Å². The fourth-order valence-corrected chi connectivity index (χ4v) is 2.01. The molecule has 0 aliphatic heterocycles. The molecule has 7 nitrogen and oxygen atoms in total. The SMILES string of the molecule is CS(=O)(=O)O.Cc1ccc(S(=O)(=O)O)c(CCO)c1. The van der Waals surface area contributed by atoms with Gasteiger partial charge in [-0.1, -0.05) is 17.7 Å². The van der Waals surface area contributed by atoms with Crippen molar-refractivity contribution < 1.29 is 31.0 Å². The summed E-state index contributed by atoms with van der Waals surface area (Å²) in [4.78, 5) is -0.128. The highest BCUT2D eigenvalue weighted by molar-refractivity contribution is 7.86. The second kappa shape index (κ2) is 6.96. The monoisotopic (exact) mass is 312 g/mol. The first-order valence-corrected chi connectivity index (χ1v) is 8.34. The van der Waals surface area contributed by atoms with Crippen LogP contribution in [0.1, 0.15) is 11.1 Å². The quantitative estimate of drug-likeness (QED) is 0.684. The van der Waals surface area contributed by atoms with Crippen molar-refractivity contribution >= 4 is 20.2 Å². The first kappa shape index (κ1) is 18.0. The molecule has 0 bridgehead atoms. The Morgan fingerprint density at radius 2 is 1.58 bits per heavy atom. The maximum absolute atomic E-state index is 10.9. The normalized spacial score (nSPS) is 11.6. The zero-order valence-electron chi connectivity index (χ0n) is 10.4. The largest absolute Gasteiger partial charge is 0.396 e. The van der Waals surface area contributed by atoms with Crippen molar-refractivity contribution in [1.82, 2.24) is 0 Å². The van der Waals surface area contributed by atoms with Crippen LogP contribution in [0.5, 0.6) is 0 Å². The molecule has 110 valence electrons. The van der Waals surface area contributed by atoms with Crippen LogP contribution in [0.25, 0.3) is 0 Å². The molecular formula is C10H16O7S2. The molecule has 0 aliphatic carbocycles. The van der Waals surface area contributed by atoms with Gasteiger partial charge in [-0.2, -0.15) is 16.8 Å². The van der Waals surface area contributed by atoms with Crippen LogP contribution < -0.4 is 0 Å². The molecule has 0 saturated heterocycles. The minimum absolute atomic E-state index is 0.128. The van der Waals surface area contributed by atoms with E-state index in [1.807, 2.05) is 6.92 Å². The number of aliphatic hydroxyl groups is 1. The van der Waals surface area contributed by atoms with Crippen LogP contribution in [0.4, 0.5) is 0 Å². The molecule has 1 rings (SSSR count). The van der Waals surface area contributed by atoms with Gasteiger partial charge in [0.1, 0.15) is 0 Å². The van der Waals surface area contributed by atoms with E-state index < -0.39 is 20.2 Å². The number of benzene rings is 1. The Bertz CT molecular complexity index is 609. The van der Waals surface area contributed by atoms with E-state index in [4.69, 9.17) is 14.2 Å². The Morgan fingerprint density at radius 3 is 1.95 bits per heavy atom. The van der Waals surface area contributed by atoms with E-state index in [0.29, 0.717) is 11.8 Å². The molecule has 19 heavy (non-hydrogen) atoms. The van der Waals surface area contributed by atoms with Gasteiger partial charge in [-0.3, -0.25) is 9.11 Å². The second-order valence-corrected chi connectivity index (χ2v) is 6.65. The van der Waals surface area contributed by atoms with Crippen molar-refractivity contribution in [3.05, 3.63) is 29.3 Å². The highest BCUT2D eigenvalue weighted by Crippen LogP contribution is 2.17. The van der Waals surface area contributed by atoms with Gasteiger partial charge in [-0.15, -0.1) is 0 Å². The van der Waals surface area contributed by atoms with Crippen LogP contribution >= 0.6 is 0 Å². The fourth-order valence-electron chi connectivity index (χ4n) is 1.28. The Balaban J connectivity index is 0.000000555. The zero-order valence-corrected chi connectivity index (χ0v) is 12.1. The smallest absolute Gasteiger partial charge is 0.294 e. The summed E-state index contributed by atoms with van der Waals surface area (Å²) in [5.41, 5.74) is 1.33. The predicted octanol–water partition coefficient (Wildman–Crippen LogP) is 0.281. The molecule has 3 N–H and O–H groups in total. The van der Waals surface area contributed by atoms with Gasteiger partial charge in [0.2, 0.25) is 0 Å². The maximum Gasteiger partial charge on any atom is 0.294 e. The standard InChI is InChI=1S/C9H12O4S.CH4O3S/c1-7-2-3-9(14(11,12)13)8(6-7)4-5-10;1-5(2,3)4/h2-3,6,10H,4-5H2,1H3,(H,11,12,13);1H3,(H,2,3,4). The summed E-state index contributed by atoms with van der Waals surface area (Å²) in [5.74, 6) is 0. The lowest BCUT2D eigenvalue weighted by atomic mass is 10.1. The van der Waals surface area contributed by atoms with E-state index in [9.17, 15) is 16.8 Å². The average molecular weight is 312 g/mol. The van der Waals surface area contributed by atoms with Crippen molar-refractivity contribution in [2.45, 2.75) is 18.2 Å². The Morgan fingerprint density at radius 1 is 1.11 bits per heavy atom. The van der Waals surface area contributed by atoms with E-state index in [0.717, 1.165) is 5.56 Å². The van der Waals surface area contributed by atoms with E-state index in [2.05, 4.69) is 0 Å². The number of hydrogen-bond donors (Lipinski definition) is 3. The summed E-state index contributed by atoms with van der Waals surface area (Å²) in [7, 11) is -7.85. The van der Waals surface area contributed by atoms with Crippen LogP contribution in [0.2, 0.25) is 0 Å². The molecule has 0 amide bonds. The molecule has 9 heteroatoms. The number of hydrogen-bond acceptors (Lipinski definition) is 5. The van der Waals surface area contributed by atoms with Crippen molar-refractivity contribution in [1.29, 1.82) is 0 Å². The average Bonchev–Trinajstić information content (AvgIpc) is 2.13. The van der Waals surface area contributed by atoms with Gasteiger partial charge in [0.25, 0.3) is 20.2 Å². The van der Waals surface area contributed by atoms with E-state index in [-0.39, 0.29) is 17.9 Å². The molecule has 0 heterocycles. The van der Waals surface area contributed by atoms with E-state index in [1.165, 1.54) is 6.07 Å². The Kier molecular flexibility index (Phi) is 6.60. The minimum Gasteiger partial charge on any atom is -0.396 e. The molecule has 0 saturated carbocycles. The van der Waals surface area contributed by atoms with Gasteiger partial charge >= 0.3 is 0 Å². The third-order valence-electron chi connectivity index (χ3n) is 1.88. The minimum atomic E-state index is -4.18. The summed E-state index contributed by atoms with van der Waals surface area (Å²) in [5, 5.41) is 8.72. The first-order chi connectivity index (χ1) is 8.45. The van der Waals surface area contributed by atoms with E-state index in [1.54, 1.807) is 12.1 Å². The van der Waals surface area contributed by atoms with Gasteiger partial charge in [0.15, 0.2) is 0 Å². The van der Waals surface area contributed by atoms with Crippen molar-refractivity contribution in [2.75, 3.05) is 12.9 Å². The topological polar surface area (TPSA) is 129 Å². The zero-order chi connectivity index (χ0) is 15.3. The Hall–Kier alpha value is -1.00.